The van der Waals surface area contributed by atoms with Crippen molar-refractivity contribution in [3.8, 4) is 11.5 Å². The zero-order chi connectivity index (χ0) is 18.0. The first-order chi connectivity index (χ1) is 12.7. The summed E-state index contributed by atoms with van der Waals surface area (Å²) in [5, 5.41) is 0. The minimum Gasteiger partial charge on any atom is -0.493 e. The fourth-order valence-corrected chi connectivity index (χ4v) is 3.78. The lowest BCUT2D eigenvalue weighted by Gasteiger charge is -2.26. The standard InChI is InChI=1S/C22H26N2O2/c1-25-20-9-8-19(14-21(20)26-2)22(10-11-22)16-24-13-12-23(17-24)15-18-6-4-3-5-7-18/h3-9,12-14H,10-11,15-17H2,1-2H3. The molecular weight excluding hydrogens is 324 g/mol. The highest BCUT2D eigenvalue weighted by Crippen LogP contribution is 2.50. The molecule has 1 aliphatic carbocycles. The Kier molecular flexibility index (Phi) is 4.49. The van der Waals surface area contributed by atoms with Crippen LogP contribution in [0.1, 0.15) is 24.0 Å². The largest absolute Gasteiger partial charge is 0.493 e. The molecule has 136 valence electrons. The summed E-state index contributed by atoms with van der Waals surface area (Å²) in [5.41, 5.74) is 2.94. The van der Waals surface area contributed by atoms with Gasteiger partial charge >= 0.3 is 0 Å². The van der Waals surface area contributed by atoms with Crippen LogP contribution in [0, 0.1) is 0 Å². The number of benzene rings is 2. The second-order valence-corrected chi connectivity index (χ2v) is 7.27. The second-order valence-electron chi connectivity index (χ2n) is 7.27. The molecule has 1 fully saturated rings. The molecule has 0 amide bonds. The Labute approximate surface area is 155 Å². The van der Waals surface area contributed by atoms with Crippen molar-refractivity contribution in [3.05, 3.63) is 72.1 Å². The summed E-state index contributed by atoms with van der Waals surface area (Å²) in [7, 11) is 3.38. The van der Waals surface area contributed by atoms with Crippen molar-refractivity contribution in [1.82, 2.24) is 9.80 Å². The highest BCUT2D eigenvalue weighted by atomic mass is 16.5. The number of hydrogen-bond donors (Lipinski definition) is 0. The summed E-state index contributed by atoms with van der Waals surface area (Å²) >= 11 is 0. The Bertz CT molecular complexity index is 784. The van der Waals surface area contributed by atoms with E-state index in [2.05, 4.69) is 64.7 Å². The lowest BCUT2D eigenvalue weighted by Crippen LogP contribution is -2.31. The van der Waals surface area contributed by atoms with Crippen LogP contribution >= 0.6 is 0 Å². The molecule has 4 heteroatoms. The van der Waals surface area contributed by atoms with Gasteiger partial charge in [0.15, 0.2) is 11.5 Å². The Morgan fingerprint density at radius 2 is 1.62 bits per heavy atom. The number of nitrogens with zero attached hydrogens (tertiary/aromatic N) is 2. The Hall–Kier alpha value is -2.62. The Morgan fingerprint density at radius 1 is 0.885 bits per heavy atom. The first-order valence-corrected chi connectivity index (χ1v) is 9.15. The van der Waals surface area contributed by atoms with Crippen LogP contribution in [0.3, 0.4) is 0 Å². The summed E-state index contributed by atoms with van der Waals surface area (Å²) in [4.78, 5) is 4.78. The van der Waals surface area contributed by atoms with Crippen LogP contribution in [-0.2, 0) is 12.0 Å². The van der Waals surface area contributed by atoms with Crippen LogP contribution in [0.5, 0.6) is 11.5 Å². The van der Waals surface area contributed by atoms with E-state index in [1.54, 1.807) is 14.2 Å². The normalized spacial score (nSPS) is 17.5. The molecule has 0 atom stereocenters. The number of rotatable bonds is 7. The topological polar surface area (TPSA) is 24.9 Å². The molecule has 0 N–H and O–H groups in total. The summed E-state index contributed by atoms with van der Waals surface area (Å²) in [6.45, 7) is 2.95. The molecule has 1 aliphatic heterocycles. The first kappa shape index (κ1) is 16.8. The third-order valence-corrected chi connectivity index (χ3v) is 5.44. The van der Waals surface area contributed by atoms with E-state index < -0.39 is 0 Å². The van der Waals surface area contributed by atoms with Crippen molar-refractivity contribution < 1.29 is 9.47 Å². The van der Waals surface area contributed by atoms with Gasteiger partial charge in [0, 0.05) is 30.9 Å². The van der Waals surface area contributed by atoms with E-state index in [0.29, 0.717) is 0 Å². The maximum absolute atomic E-state index is 5.49. The van der Waals surface area contributed by atoms with Gasteiger partial charge in [-0.2, -0.15) is 0 Å². The molecule has 0 bridgehead atoms. The third-order valence-electron chi connectivity index (χ3n) is 5.44. The monoisotopic (exact) mass is 350 g/mol. The molecule has 0 saturated heterocycles. The first-order valence-electron chi connectivity index (χ1n) is 9.15. The SMILES string of the molecule is COc1ccc(C2(CN3C=CN(Cc4ccccc4)C3)CC2)cc1OC. The molecule has 2 aliphatic rings. The number of ether oxygens (including phenoxy) is 2. The fraction of sp³-hybridized carbons (Fsp3) is 0.364. The van der Waals surface area contributed by atoms with Crippen molar-refractivity contribution in [1.29, 1.82) is 0 Å². The Morgan fingerprint density at radius 3 is 2.31 bits per heavy atom. The highest BCUT2D eigenvalue weighted by Gasteiger charge is 2.46. The van der Waals surface area contributed by atoms with Crippen molar-refractivity contribution in [2.75, 3.05) is 27.4 Å². The van der Waals surface area contributed by atoms with Crippen molar-refractivity contribution in [2.24, 2.45) is 0 Å². The molecule has 0 spiro atoms. The number of hydrogen-bond acceptors (Lipinski definition) is 4. The summed E-state index contributed by atoms with van der Waals surface area (Å²) in [6, 6.07) is 17.0. The lowest BCUT2D eigenvalue weighted by atomic mass is 9.95. The zero-order valence-corrected chi connectivity index (χ0v) is 15.5. The third kappa shape index (κ3) is 3.36. The molecule has 0 aromatic heterocycles. The quantitative estimate of drug-likeness (QED) is 0.754. The van der Waals surface area contributed by atoms with Gasteiger partial charge in [0.2, 0.25) is 0 Å². The predicted octanol–water partition coefficient (Wildman–Crippen LogP) is 3.98. The second kappa shape index (κ2) is 6.94. The van der Waals surface area contributed by atoms with Crippen LogP contribution in [0.4, 0.5) is 0 Å². The van der Waals surface area contributed by atoms with E-state index in [0.717, 1.165) is 31.3 Å². The van der Waals surface area contributed by atoms with Gasteiger partial charge in [-0.05, 0) is 36.1 Å². The maximum Gasteiger partial charge on any atom is 0.161 e. The predicted molar refractivity (Wildman–Crippen MR) is 103 cm³/mol. The molecule has 0 radical (unpaired) electrons. The van der Waals surface area contributed by atoms with Gasteiger partial charge in [-0.3, -0.25) is 0 Å². The maximum atomic E-state index is 5.49. The van der Waals surface area contributed by atoms with Gasteiger partial charge in [-0.1, -0.05) is 36.4 Å². The Balaban J connectivity index is 1.41. The van der Waals surface area contributed by atoms with Crippen LogP contribution < -0.4 is 9.47 Å². The molecular formula is C22H26N2O2. The summed E-state index contributed by atoms with van der Waals surface area (Å²) in [5.74, 6) is 1.61. The van der Waals surface area contributed by atoms with Crippen LogP contribution in [0.15, 0.2) is 60.9 Å². The van der Waals surface area contributed by atoms with Gasteiger partial charge < -0.3 is 19.3 Å². The summed E-state index contributed by atoms with van der Waals surface area (Å²) in [6.07, 6.45) is 6.89. The lowest BCUT2D eigenvalue weighted by molar-refractivity contribution is 0.244. The summed E-state index contributed by atoms with van der Waals surface area (Å²) < 4.78 is 10.9. The molecule has 2 aromatic rings. The molecule has 4 nitrogen and oxygen atoms in total. The average Bonchev–Trinajstić information content (AvgIpc) is 3.34. The van der Waals surface area contributed by atoms with E-state index in [9.17, 15) is 0 Å². The number of methoxy groups -OCH3 is 2. The molecule has 0 unspecified atom stereocenters. The zero-order valence-electron chi connectivity index (χ0n) is 15.5. The minimum absolute atomic E-state index is 0.243. The molecule has 26 heavy (non-hydrogen) atoms. The minimum atomic E-state index is 0.243. The van der Waals surface area contributed by atoms with Gasteiger partial charge in [-0.15, -0.1) is 0 Å². The fourth-order valence-electron chi connectivity index (χ4n) is 3.78. The van der Waals surface area contributed by atoms with E-state index in [1.807, 2.05) is 6.07 Å². The van der Waals surface area contributed by atoms with E-state index in [4.69, 9.17) is 9.47 Å². The van der Waals surface area contributed by atoms with Crippen LogP contribution in [0.2, 0.25) is 0 Å². The smallest absolute Gasteiger partial charge is 0.161 e. The van der Waals surface area contributed by atoms with Crippen molar-refractivity contribution in [2.45, 2.75) is 24.8 Å². The van der Waals surface area contributed by atoms with Crippen molar-refractivity contribution in [3.63, 3.8) is 0 Å². The molecule has 1 saturated carbocycles. The molecule has 2 aromatic carbocycles. The highest BCUT2D eigenvalue weighted by molar-refractivity contribution is 5.47. The van der Waals surface area contributed by atoms with Crippen LogP contribution in [0.25, 0.3) is 0 Å². The van der Waals surface area contributed by atoms with Crippen molar-refractivity contribution >= 4 is 0 Å². The van der Waals surface area contributed by atoms with Gasteiger partial charge in [0.1, 0.15) is 0 Å². The van der Waals surface area contributed by atoms with Gasteiger partial charge in [0.05, 0.1) is 20.9 Å². The van der Waals surface area contributed by atoms with E-state index in [1.165, 1.54) is 24.0 Å². The van der Waals surface area contributed by atoms with Crippen LogP contribution in [-0.4, -0.2) is 37.2 Å². The average molecular weight is 350 g/mol. The van der Waals surface area contributed by atoms with Gasteiger partial charge in [-0.25, -0.2) is 0 Å². The van der Waals surface area contributed by atoms with E-state index >= 15 is 0 Å². The molecule has 1 heterocycles. The van der Waals surface area contributed by atoms with E-state index in [-0.39, 0.29) is 5.41 Å². The van der Waals surface area contributed by atoms with Gasteiger partial charge in [0.25, 0.3) is 0 Å². The molecule has 4 rings (SSSR count).